The smallest absolute Gasteiger partial charge is 0.140 e. The molecule has 0 radical (unpaired) electrons. The molecule has 1 unspecified atom stereocenters. The number of para-hydroxylation sites is 1. The van der Waals surface area contributed by atoms with Gasteiger partial charge in [0.05, 0.1) is 5.02 Å². The second kappa shape index (κ2) is 6.44. The van der Waals surface area contributed by atoms with E-state index in [1.165, 1.54) is 32.1 Å². The number of ether oxygens (including phenoxy) is 1. The summed E-state index contributed by atoms with van der Waals surface area (Å²) in [5.74, 6) is 1.40. The van der Waals surface area contributed by atoms with Gasteiger partial charge in [0.1, 0.15) is 12.4 Å². The van der Waals surface area contributed by atoms with Crippen molar-refractivity contribution in [2.45, 2.75) is 45.1 Å². The standard InChI is InChI=1S/C15H22ClNO/c1-11-6-5-9-13(16)15(11)18-10-14(17)12-7-3-2-4-8-12/h5-6,9,12,14H,2-4,7-8,10,17H2,1H3. The lowest BCUT2D eigenvalue weighted by Gasteiger charge is -2.27. The molecule has 100 valence electrons. The Balaban J connectivity index is 1.90. The molecular formula is C15H22ClNO. The van der Waals surface area contributed by atoms with E-state index in [1.807, 2.05) is 25.1 Å². The third-order valence-corrected chi connectivity index (χ3v) is 4.14. The van der Waals surface area contributed by atoms with Gasteiger partial charge >= 0.3 is 0 Å². The zero-order valence-corrected chi connectivity index (χ0v) is 11.7. The molecule has 1 aromatic carbocycles. The summed E-state index contributed by atoms with van der Waals surface area (Å²) in [7, 11) is 0. The molecule has 0 aromatic heterocycles. The molecule has 0 spiro atoms. The van der Waals surface area contributed by atoms with Crippen LogP contribution in [0.2, 0.25) is 5.02 Å². The minimum atomic E-state index is 0.126. The molecule has 3 heteroatoms. The minimum Gasteiger partial charge on any atom is -0.490 e. The molecule has 0 aliphatic heterocycles. The van der Waals surface area contributed by atoms with Crippen LogP contribution in [0.15, 0.2) is 18.2 Å². The third-order valence-electron chi connectivity index (χ3n) is 3.84. The maximum absolute atomic E-state index is 6.23. The van der Waals surface area contributed by atoms with Gasteiger partial charge in [0, 0.05) is 6.04 Å². The predicted molar refractivity (Wildman–Crippen MR) is 76.2 cm³/mol. The Morgan fingerprint density at radius 3 is 2.72 bits per heavy atom. The van der Waals surface area contributed by atoms with E-state index < -0.39 is 0 Å². The summed E-state index contributed by atoms with van der Waals surface area (Å²) in [5.41, 5.74) is 7.30. The first-order valence-electron chi connectivity index (χ1n) is 6.82. The molecule has 1 aliphatic carbocycles. The summed E-state index contributed by atoms with van der Waals surface area (Å²) in [5, 5.41) is 0.672. The maximum atomic E-state index is 6.23. The zero-order valence-electron chi connectivity index (χ0n) is 11.0. The van der Waals surface area contributed by atoms with Crippen LogP contribution in [-0.4, -0.2) is 12.6 Å². The van der Waals surface area contributed by atoms with E-state index in [2.05, 4.69) is 0 Å². The largest absolute Gasteiger partial charge is 0.490 e. The molecule has 0 amide bonds. The van der Waals surface area contributed by atoms with E-state index in [1.54, 1.807) is 0 Å². The van der Waals surface area contributed by atoms with Crippen LogP contribution in [0, 0.1) is 12.8 Å². The lowest BCUT2D eigenvalue weighted by atomic mass is 9.84. The van der Waals surface area contributed by atoms with Gasteiger partial charge in [0.25, 0.3) is 0 Å². The molecule has 0 saturated heterocycles. The highest BCUT2D eigenvalue weighted by Crippen LogP contribution is 2.29. The van der Waals surface area contributed by atoms with Gasteiger partial charge in [0.15, 0.2) is 0 Å². The number of hydrogen-bond acceptors (Lipinski definition) is 2. The fourth-order valence-corrected chi connectivity index (χ4v) is 2.95. The van der Waals surface area contributed by atoms with E-state index in [9.17, 15) is 0 Å². The number of benzene rings is 1. The van der Waals surface area contributed by atoms with E-state index in [4.69, 9.17) is 22.1 Å². The topological polar surface area (TPSA) is 35.2 Å². The van der Waals surface area contributed by atoms with Crippen molar-refractivity contribution in [1.82, 2.24) is 0 Å². The number of nitrogens with two attached hydrogens (primary N) is 1. The summed E-state index contributed by atoms with van der Waals surface area (Å²) < 4.78 is 5.83. The Kier molecular flexibility index (Phi) is 4.90. The predicted octanol–water partition coefficient (Wildman–Crippen LogP) is 3.93. The molecule has 1 aliphatic rings. The number of halogens is 1. The number of rotatable bonds is 4. The summed E-state index contributed by atoms with van der Waals surface area (Å²) in [6.45, 7) is 2.57. The van der Waals surface area contributed by atoms with E-state index in [-0.39, 0.29) is 6.04 Å². The van der Waals surface area contributed by atoms with Crippen molar-refractivity contribution in [3.05, 3.63) is 28.8 Å². The van der Waals surface area contributed by atoms with Crippen molar-refractivity contribution in [2.75, 3.05) is 6.61 Å². The zero-order chi connectivity index (χ0) is 13.0. The first kappa shape index (κ1) is 13.7. The molecule has 1 aromatic rings. The van der Waals surface area contributed by atoms with Gasteiger partial charge in [-0.3, -0.25) is 0 Å². The van der Waals surface area contributed by atoms with Gasteiger partial charge < -0.3 is 10.5 Å². The van der Waals surface area contributed by atoms with E-state index >= 15 is 0 Å². The Labute approximate surface area is 114 Å². The van der Waals surface area contributed by atoms with Crippen molar-refractivity contribution < 1.29 is 4.74 Å². The van der Waals surface area contributed by atoms with Crippen LogP contribution in [0.25, 0.3) is 0 Å². The second-order valence-electron chi connectivity index (χ2n) is 5.26. The van der Waals surface area contributed by atoms with E-state index in [0.717, 1.165) is 11.3 Å². The molecule has 1 atom stereocenters. The Hall–Kier alpha value is -0.730. The molecule has 18 heavy (non-hydrogen) atoms. The van der Waals surface area contributed by atoms with Crippen LogP contribution < -0.4 is 10.5 Å². The Morgan fingerprint density at radius 1 is 1.33 bits per heavy atom. The van der Waals surface area contributed by atoms with Crippen LogP contribution >= 0.6 is 11.6 Å². The van der Waals surface area contributed by atoms with Gasteiger partial charge in [0.2, 0.25) is 0 Å². The quantitative estimate of drug-likeness (QED) is 0.897. The average Bonchev–Trinajstić information content (AvgIpc) is 2.39. The van der Waals surface area contributed by atoms with Crippen LogP contribution in [-0.2, 0) is 0 Å². The molecule has 1 fully saturated rings. The van der Waals surface area contributed by atoms with Gasteiger partial charge in [-0.2, -0.15) is 0 Å². The molecule has 2 N–H and O–H groups in total. The second-order valence-corrected chi connectivity index (χ2v) is 5.67. The lowest BCUT2D eigenvalue weighted by molar-refractivity contribution is 0.213. The monoisotopic (exact) mass is 267 g/mol. The van der Waals surface area contributed by atoms with Crippen molar-refractivity contribution >= 4 is 11.6 Å². The Morgan fingerprint density at radius 2 is 2.06 bits per heavy atom. The van der Waals surface area contributed by atoms with Crippen LogP contribution in [0.4, 0.5) is 0 Å². The van der Waals surface area contributed by atoms with E-state index in [0.29, 0.717) is 17.5 Å². The number of hydrogen-bond donors (Lipinski definition) is 1. The van der Waals surface area contributed by atoms with Crippen molar-refractivity contribution in [3.8, 4) is 5.75 Å². The summed E-state index contributed by atoms with van der Waals surface area (Å²) in [6, 6.07) is 5.93. The molecule has 2 nitrogen and oxygen atoms in total. The summed E-state index contributed by atoms with van der Waals surface area (Å²) >= 11 is 6.13. The molecular weight excluding hydrogens is 246 g/mol. The fraction of sp³-hybridized carbons (Fsp3) is 0.600. The highest BCUT2D eigenvalue weighted by Gasteiger charge is 2.21. The summed E-state index contributed by atoms with van der Waals surface area (Å²) in [6.07, 6.45) is 6.46. The van der Waals surface area contributed by atoms with Gasteiger partial charge in [-0.05, 0) is 37.3 Å². The van der Waals surface area contributed by atoms with Gasteiger partial charge in [-0.1, -0.05) is 43.0 Å². The lowest BCUT2D eigenvalue weighted by Crippen LogP contribution is -2.37. The minimum absolute atomic E-state index is 0.126. The highest BCUT2D eigenvalue weighted by molar-refractivity contribution is 6.32. The first-order valence-corrected chi connectivity index (χ1v) is 7.20. The average molecular weight is 268 g/mol. The molecule has 2 rings (SSSR count). The van der Waals surface area contributed by atoms with Crippen LogP contribution in [0.3, 0.4) is 0 Å². The fourth-order valence-electron chi connectivity index (χ4n) is 2.68. The molecule has 0 heterocycles. The normalized spacial score (nSPS) is 18.6. The van der Waals surface area contributed by atoms with Crippen molar-refractivity contribution in [3.63, 3.8) is 0 Å². The van der Waals surface area contributed by atoms with Crippen LogP contribution in [0.5, 0.6) is 5.75 Å². The Bertz CT molecular complexity index is 368. The van der Waals surface area contributed by atoms with Crippen molar-refractivity contribution in [2.24, 2.45) is 11.7 Å². The third kappa shape index (κ3) is 3.39. The SMILES string of the molecule is Cc1cccc(Cl)c1OCC(N)C1CCCCC1. The molecule has 0 bridgehead atoms. The molecule has 1 saturated carbocycles. The van der Waals surface area contributed by atoms with Gasteiger partial charge in [-0.25, -0.2) is 0 Å². The maximum Gasteiger partial charge on any atom is 0.140 e. The van der Waals surface area contributed by atoms with Crippen molar-refractivity contribution in [1.29, 1.82) is 0 Å². The highest BCUT2D eigenvalue weighted by atomic mass is 35.5. The number of aryl methyl sites for hydroxylation is 1. The van der Waals surface area contributed by atoms with Gasteiger partial charge in [-0.15, -0.1) is 0 Å². The summed E-state index contributed by atoms with van der Waals surface area (Å²) in [4.78, 5) is 0. The first-order chi connectivity index (χ1) is 8.68. The van der Waals surface area contributed by atoms with Crippen LogP contribution in [0.1, 0.15) is 37.7 Å².